The number of hydrogen-bond acceptors (Lipinski definition) is 3. The largest absolute Gasteiger partial charge is 0.495 e. The molecular weight excluding hydrogens is 388 g/mol. The number of rotatable bonds is 4. The van der Waals surface area contributed by atoms with E-state index in [9.17, 15) is 4.79 Å². The molecule has 2 rings (SSSR count). The van der Waals surface area contributed by atoms with Gasteiger partial charge in [0.1, 0.15) is 11.5 Å². The van der Waals surface area contributed by atoms with Gasteiger partial charge in [0.2, 0.25) is 0 Å². The lowest BCUT2D eigenvalue weighted by Crippen LogP contribution is -1.95. The molecule has 0 amide bonds. The molecule has 0 N–H and O–H groups in total. The molecule has 3 nitrogen and oxygen atoms in total. The molecular formula is C15H12Br2O3. The summed E-state index contributed by atoms with van der Waals surface area (Å²) in [5.74, 6) is 1.39. The van der Waals surface area contributed by atoms with Gasteiger partial charge in [0.05, 0.1) is 23.2 Å². The van der Waals surface area contributed by atoms with Crippen molar-refractivity contribution in [2.45, 2.75) is 0 Å². The summed E-state index contributed by atoms with van der Waals surface area (Å²) in [6, 6.07) is 7.78. The number of aldehydes is 1. The quantitative estimate of drug-likeness (QED) is 0.558. The Balaban J connectivity index is 2.92. The number of halogens is 2. The monoisotopic (exact) mass is 398 g/mol. The van der Waals surface area contributed by atoms with E-state index in [2.05, 4.69) is 31.9 Å². The number of carbonyl (C=O) groups is 1. The summed E-state index contributed by atoms with van der Waals surface area (Å²) in [4.78, 5) is 10.8. The predicted octanol–water partition coefficient (Wildman–Crippen LogP) is 4.55. The van der Waals surface area contributed by atoms with Gasteiger partial charge in [0.25, 0.3) is 0 Å². The molecule has 5 heteroatoms. The van der Waals surface area contributed by atoms with Gasteiger partial charge in [-0.25, -0.2) is 0 Å². The Kier molecular flexibility index (Phi) is 4.83. The number of allylic oxidation sites excluding steroid dienone is 1. The van der Waals surface area contributed by atoms with Crippen molar-refractivity contribution in [2.24, 2.45) is 0 Å². The Morgan fingerprint density at radius 1 is 1.10 bits per heavy atom. The summed E-state index contributed by atoms with van der Waals surface area (Å²) in [6.07, 6.45) is 2.43. The van der Waals surface area contributed by atoms with Crippen molar-refractivity contribution in [3.05, 3.63) is 38.8 Å². The van der Waals surface area contributed by atoms with Gasteiger partial charge >= 0.3 is 0 Å². The van der Waals surface area contributed by atoms with E-state index in [4.69, 9.17) is 9.47 Å². The highest BCUT2D eigenvalue weighted by Gasteiger charge is 2.18. The zero-order chi connectivity index (χ0) is 14.7. The SMILES string of the molecule is COc1c(Br)c(/C=C(\Br)C=O)c(OC)c2ccccc12. The number of hydrogen-bond donors (Lipinski definition) is 0. The summed E-state index contributed by atoms with van der Waals surface area (Å²) < 4.78 is 12.2. The van der Waals surface area contributed by atoms with E-state index in [0.717, 1.165) is 27.1 Å². The average molecular weight is 400 g/mol. The van der Waals surface area contributed by atoms with Crippen LogP contribution in [0, 0.1) is 0 Å². The molecule has 0 saturated carbocycles. The normalized spacial score (nSPS) is 11.5. The van der Waals surface area contributed by atoms with E-state index in [0.29, 0.717) is 16.0 Å². The zero-order valence-corrected chi connectivity index (χ0v) is 14.1. The van der Waals surface area contributed by atoms with E-state index < -0.39 is 0 Å². The Bertz CT molecular complexity index is 693. The molecule has 0 aliphatic heterocycles. The van der Waals surface area contributed by atoms with E-state index in [1.165, 1.54) is 0 Å². The minimum absolute atomic E-state index is 0.425. The van der Waals surface area contributed by atoms with Crippen molar-refractivity contribution >= 4 is 55.0 Å². The van der Waals surface area contributed by atoms with E-state index in [1.807, 2.05) is 24.3 Å². The van der Waals surface area contributed by atoms with Crippen molar-refractivity contribution < 1.29 is 14.3 Å². The second-order valence-electron chi connectivity index (χ2n) is 3.99. The Morgan fingerprint density at radius 3 is 2.15 bits per heavy atom. The van der Waals surface area contributed by atoms with Gasteiger partial charge in [-0.05, 0) is 37.9 Å². The molecule has 0 spiro atoms. The first-order valence-electron chi connectivity index (χ1n) is 5.78. The fourth-order valence-corrected chi connectivity index (χ4v) is 2.98. The number of ether oxygens (including phenoxy) is 2. The summed E-state index contributed by atoms with van der Waals surface area (Å²) in [5, 5.41) is 1.87. The van der Waals surface area contributed by atoms with Crippen LogP contribution in [0.15, 0.2) is 33.2 Å². The molecule has 0 aromatic heterocycles. The lowest BCUT2D eigenvalue weighted by atomic mass is 10.0. The highest BCUT2D eigenvalue weighted by atomic mass is 79.9. The molecule has 0 atom stereocenters. The maximum absolute atomic E-state index is 10.8. The van der Waals surface area contributed by atoms with Crippen LogP contribution in [0.25, 0.3) is 16.8 Å². The van der Waals surface area contributed by atoms with Crippen LogP contribution < -0.4 is 9.47 Å². The molecule has 0 fully saturated rings. The number of fused-ring (bicyclic) bond motifs is 1. The third-order valence-corrected chi connectivity index (χ3v) is 4.10. The lowest BCUT2D eigenvalue weighted by Gasteiger charge is -2.16. The molecule has 2 aromatic carbocycles. The predicted molar refractivity (Wildman–Crippen MR) is 87.7 cm³/mol. The first-order valence-corrected chi connectivity index (χ1v) is 7.37. The van der Waals surface area contributed by atoms with Gasteiger partial charge in [-0.15, -0.1) is 0 Å². The molecule has 0 aliphatic rings. The van der Waals surface area contributed by atoms with Gasteiger partial charge in [-0.3, -0.25) is 4.79 Å². The molecule has 0 aliphatic carbocycles. The number of benzene rings is 2. The number of methoxy groups -OCH3 is 2. The summed E-state index contributed by atoms with van der Waals surface area (Å²) in [5.41, 5.74) is 0.752. The first kappa shape index (κ1) is 15.1. The third kappa shape index (κ3) is 2.60. The molecule has 0 unspecified atom stereocenters. The van der Waals surface area contributed by atoms with E-state index in [1.54, 1.807) is 20.3 Å². The topological polar surface area (TPSA) is 35.5 Å². The summed E-state index contributed by atoms with van der Waals surface area (Å²) >= 11 is 6.72. The minimum Gasteiger partial charge on any atom is -0.495 e. The fraction of sp³-hybridized carbons (Fsp3) is 0.133. The van der Waals surface area contributed by atoms with Crippen molar-refractivity contribution in [2.75, 3.05) is 14.2 Å². The maximum Gasteiger partial charge on any atom is 0.157 e. The van der Waals surface area contributed by atoms with Gasteiger partial charge < -0.3 is 9.47 Å². The van der Waals surface area contributed by atoms with Crippen molar-refractivity contribution in [3.63, 3.8) is 0 Å². The molecule has 0 heterocycles. The fourth-order valence-electron chi connectivity index (χ4n) is 2.08. The van der Waals surface area contributed by atoms with Crippen LogP contribution in [0.3, 0.4) is 0 Å². The van der Waals surface area contributed by atoms with E-state index in [-0.39, 0.29) is 0 Å². The molecule has 20 heavy (non-hydrogen) atoms. The van der Waals surface area contributed by atoms with Gasteiger partial charge in [-0.1, -0.05) is 24.3 Å². The average Bonchev–Trinajstić information content (AvgIpc) is 2.48. The van der Waals surface area contributed by atoms with Crippen LogP contribution in [-0.2, 0) is 4.79 Å². The lowest BCUT2D eigenvalue weighted by molar-refractivity contribution is -0.104. The Morgan fingerprint density at radius 2 is 1.65 bits per heavy atom. The van der Waals surface area contributed by atoms with Crippen LogP contribution in [-0.4, -0.2) is 20.5 Å². The highest BCUT2D eigenvalue weighted by Crippen LogP contribution is 2.44. The Hall–Kier alpha value is -1.33. The van der Waals surface area contributed by atoms with E-state index >= 15 is 0 Å². The van der Waals surface area contributed by atoms with Crippen molar-refractivity contribution in [3.8, 4) is 11.5 Å². The van der Waals surface area contributed by atoms with Crippen molar-refractivity contribution in [1.82, 2.24) is 0 Å². The smallest absolute Gasteiger partial charge is 0.157 e. The van der Waals surface area contributed by atoms with Crippen LogP contribution in [0.5, 0.6) is 11.5 Å². The molecule has 0 saturated heterocycles. The Labute approximate surface area is 133 Å². The molecule has 2 aromatic rings. The van der Waals surface area contributed by atoms with Gasteiger partial charge in [-0.2, -0.15) is 0 Å². The van der Waals surface area contributed by atoms with Gasteiger partial charge in [0, 0.05) is 16.3 Å². The second kappa shape index (κ2) is 6.41. The number of carbonyl (C=O) groups excluding carboxylic acids is 1. The molecule has 0 radical (unpaired) electrons. The summed E-state index contributed by atoms with van der Waals surface area (Å²) in [6.45, 7) is 0. The van der Waals surface area contributed by atoms with Crippen molar-refractivity contribution in [1.29, 1.82) is 0 Å². The molecule has 104 valence electrons. The minimum atomic E-state index is 0.425. The first-order chi connectivity index (χ1) is 9.63. The van der Waals surface area contributed by atoms with Crippen LogP contribution in [0.1, 0.15) is 5.56 Å². The standard InChI is InChI=1S/C15H12Br2O3/c1-19-14-10-5-3-4-6-11(10)15(20-2)13(17)12(14)7-9(16)8-18/h3-8H,1-2H3/b9-7-. The van der Waals surface area contributed by atoms with Crippen LogP contribution in [0.2, 0.25) is 0 Å². The highest BCUT2D eigenvalue weighted by molar-refractivity contribution is 9.12. The molecule has 0 bridgehead atoms. The maximum atomic E-state index is 10.8. The summed E-state index contributed by atoms with van der Waals surface area (Å²) in [7, 11) is 3.22. The van der Waals surface area contributed by atoms with Crippen LogP contribution in [0.4, 0.5) is 0 Å². The van der Waals surface area contributed by atoms with Crippen LogP contribution >= 0.6 is 31.9 Å². The van der Waals surface area contributed by atoms with Gasteiger partial charge in [0.15, 0.2) is 6.29 Å². The zero-order valence-electron chi connectivity index (χ0n) is 10.9. The third-order valence-electron chi connectivity index (χ3n) is 2.90. The second-order valence-corrected chi connectivity index (χ2v) is 5.70.